The molecule has 1 aromatic rings. The first-order chi connectivity index (χ1) is 14.8. The molecule has 1 fully saturated rings. The summed E-state index contributed by atoms with van der Waals surface area (Å²) in [5.41, 5.74) is 1.65. The second kappa shape index (κ2) is 9.52. The molecule has 1 amide bonds. The van der Waals surface area contributed by atoms with Crippen LogP contribution >= 0.6 is 11.8 Å². The van der Waals surface area contributed by atoms with Gasteiger partial charge in [0.15, 0.2) is 0 Å². The van der Waals surface area contributed by atoms with Crippen LogP contribution in [0.1, 0.15) is 43.2 Å². The predicted molar refractivity (Wildman–Crippen MR) is 120 cm³/mol. The second-order valence-corrected chi connectivity index (χ2v) is 10.3. The van der Waals surface area contributed by atoms with E-state index in [1.807, 2.05) is 27.7 Å². The number of alkyl halides is 3. The Labute approximate surface area is 189 Å². The number of nitrogens with zero attached hydrogens (tertiary/aromatic N) is 1. The van der Waals surface area contributed by atoms with Gasteiger partial charge < -0.3 is 16.0 Å². The van der Waals surface area contributed by atoms with Crippen LogP contribution in [0.25, 0.3) is 11.6 Å². The van der Waals surface area contributed by atoms with Gasteiger partial charge >= 0.3 is 6.18 Å². The quantitative estimate of drug-likeness (QED) is 0.601. The van der Waals surface area contributed by atoms with E-state index < -0.39 is 18.8 Å². The smallest absolute Gasteiger partial charge is 0.349 e. The number of fused-ring (bicyclic) bond motifs is 1. The Balaban J connectivity index is 1.87. The first-order valence-electron chi connectivity index (χ1n) is 10.5. The summed E-state index contributed by atoms with van der Waals surface area (Å²) in [6.45, 7) is 7.42. The van der Waals surface area contributed by atoms with Crippen molar-refractivity contribution in [2.75, 3.05) is 25.4 Å². The predicted octanol–water partition coefficient (Wildman–Crippen LogP) is 1.25. The minimum Gasteiger partial charge on any atom is -0.349 e. The minimum absolute atomic E-state index is 0.00544. The van der Waals surface area contributed by atoms with Crippen LogP contribution in [0.3, 0.4) is 0 Å². The molecule has 1 unspecified atom stereocenters. The van der Waals surface area contributed by atoms with Crippen LogP contribution in [-0.2, 0) is 4.79 Å². The maximum atomic E-state index is 12.8. The normalized spacial score (nSPS) is 21.7. The van der Waals surface area contributed by atoms with E-state index in [1.54, 1.807) is 12.1 Å². The van der Waals surface area contributed by atoms with Crippen molar-refractivity contribution in [1.29, 1.82) is 0 Å². The molecule has 3 N–H and O–H groups in total. The van der Waals surface area contributed by atoms with Crippen molar-refractivity contribution in [2.24, 2.45) is 5.41 Å². The number of aryl methyl sites for hydroxylation is 1. The van der Waals surface area contributed by atoms with Gasteiger partial charge in [-0.15, -0.1) is 0 Å². The summed E-state index contributed by atoms with van der Waals surface area (Å²) in [6.07, 6.45) is -2.12. The van der Waals surface area contributed by atoms with Crippen molar-refractivity contribution in [3.63, 3.8) is 0 Å². The molecule has 2 aliphatic rings. The number of hydrogen-bond donors (Lipinski definition) is 3. The Bertz CT molecular complexity index is 1010. The number of nitrogens with one attached hydrogen (secondary N) is 3. The zero-order valence-corrected chi connectivity index (χ0v) is 19.5. The molecule has 0 saturated carbocycles. The van der Waals surface area contributed by atoms with Crippen molar-refractivity contribution in [3.8, 4) is 0 Å². The second-order valence-electron chi connectivity index (χ2n) is 9.26. The van der Waals surface area contributed by atoms with Gasteiger partial charge in [-0.3, -0.25) is 9.59 Å². The standard InChI is InChI=1S/C22H29F3N4O2S/c1-12-5-17(20(31)27-8-14-10-32-18(30)9-26-14)29-19-15(12)6-13(28-11-22(23,24)25)7-16(19)21(2,3)4/h5-6,13-14,26,28H,7-11H2,1-4H3,(H,27,31)/t13?,14-/m1/s1. The third kappa shape index (κ3) is 6.32. The van der Waals surface area contributed by atoms with Crippen LogP contribution in [0.5, 0.6) is 0 Å². The van der Waals surface area contributed by atoms with Crippen molar-refractivity contribution < 1.29 is 22.8 Å². The van der Waals surface area contributed by atoms with Gasteiger partial charge in [0.25, 0.3) is 5.91 Å². The van der Waals surface area contributed by atoms with E-state index in [4.69, 9.17) is 0 Å². The molecular formula is C22H29F3N4O2S. The summed E-state index contributed by atoms with van der Waals surface area (Å²) in [5.74, 6) is 0.282. The van der Waals surface area contributed by atoms with Gasteiger partial charge in [-0.05, 0) is 36.0 Å². The lowest BCUT2D eigenvalue weighted by Gasteiger charge is -2.30. The first kappa shape index (κ1) is 24.7. The number of aromatic nitrogens is 1. The summed E-state index contributed by atoms with van der Waals surface area (Å²) in [4.78, 5) is 28.7. The lowest BCUT2D eigenvalue weighted by molar-refractivity contribution is -0.125. The minimum atomic E-state index is -4.29. The van der Waals surface area contributed by atoms with Crippen LogP contribution in [0.15, 0.2) is 6.07 Å². The average Bonchev–Trinajstić information content (AvgIpc) is 2.70. The molecule has 32 heavy (non-hydrogen) atoms. The highest BCUT2D eigenvalue weighted by Crippen LogP contribution is 2.30. The largest absolute Gasteiger partial charge is 0.401 e. The summed E-state index contributed by atoms with van der Waals surface area (Å²) in [6, 6.07) is 1.21. The lowest BCUT2D eigenvalue weighted by atomic mass is 9.79. The summed E-state index contributed by atoms with van der Waals surface area (Å²) in [7, 11) is 0. The van der Waals surface area contributed by atoms with Gasteiger partial charge in [0.1, 0.15) is 5.69 Å². The average molecular weight is 471 g/mol. The first-order valence-corrected chi connectivity index (χ1v) is 11.5. The number of thioether (sulfide) groups is 1. The van der Waals surface area contributed by atoms with E-state index in [1.165, 1.54) is 11.8 Å². The Morgan fingerprint density at radius 1 is 1.31 bits per heavy atom. The Kier molecular flexibility index (Phi) is 7.36. The van der Waals surface area contributed by atoms with Crippen LogP contribution in [0.2, 0.25) is 0 Å². The molecule has 0 bridgehead atoms. The highest BCUT2D eigenvalue weighted by Gasteiger charge is 2.31. The highest BCUT2D eigenvalue weighted by molar-refractivity contribution is 8.13. The fourth-order valence-electron chi connectivity index (χ4n) is 3.82. The Morgan fingerprint density at radius 3 is 2.62 bits per heavy atom. The SMILES string of the molecule is Cc1cc(C(=O)NC[C@@H]2CSC(=O)CN2)nc2c1=CC(NCC(F)(F)F)CC=2C(C)(C)C. The molecule has 6 nitrogen and oxygen atoms in total. The number of carbonyl (C=O) groups excluding carboxylic acids is 2. The highest BCUT2D eigenvalue weighted by atomic mass is 32.2. The van der Waals surface area contributed by atoms with Crippen LogP contribution in [0.4, 0.5) is 13.2 Å². The number of hydrogen-bond acceptors (Lipinski definition) is 6. The van der Waals surface area contributed by atoms with E-state index in [9.17, 15) is 22.8 Å². The molecule has 10 heteroatoms. The monoisotopic (exact) mass is 470 g/mol. The van der Waals surface area contributed by atoms with E-state index in [0.717, 1.165) is 16.4 Å². The zero-order chi connectivity index (χ0) is 23.7. The maximum Gasteiger partial charge on any atom is 0.401 e. The van der Waals surface area contributed by atoms with Crippen LogP contribution < -0.4 is 26.5 Å². The molecule has 2 heterocycles. The molecule has 0 radical (unpaired) electrons. The van der Waals surface area contributed by atoms with Gasteiger partial charge in [-0.25, -0.2) is 4.98 Å². The van der Waals surface area contributed by atoms with Crippen molar-refractivity contribution in [3.05, 3.63) is 27.9 Å². The van der Waals surface area contributed by atoms with Crippen molar-refractivity contribution in [2.45, 2.75) is 52.4 Å². The van der Waals surface area contributed by atoms with E-state index in [0.29, 0.717) is 24.1 Å². The lowest BCUT2D eigenvalue weighted by Crippen LogP contribution is -2.49. The molecule has 3 rings (SSSR count). The molecular weight excluding hydrogens is 441 g/mol. The van der Waals surface area contributed by atoms with Gasteiger partial charge in [0, 0.05) is 29.6 Å². The van der Waals surface area contributed by atoms with Crippen LogP contribution in [-0.4, -0.2) is 59.7 Å². The number of halogens is 3. The number of amides is 1. The van der Waals surface area contributed by atoms with Gasteiger partial charge in [0.2, 0.25) is 5.12 Å². The fraction of sp³-hybridized carbons (Fsp3) is 0.591. The third-order valence-electron chi connectivity index (χ3n) is 5.54. The summed E-state index contributed by atoms with van der Waals surface area (Å²) < 4.78 is 38.2. The molecule has 2 atom stereocenters. The maximum absolute atomic E-state index is 12.8. The number of pyridine rings is 1. The van der Waals surface area contributed by atoms with Crippen LogP contribution in [0, 0.1) is 12.3 Å². The van der Waals surface area contributed by atoms with Gasteiger partial charge in [0.05, 0.1) is 18.4 Å². The third-order valence-corrected chi connectivity index (χ3v) is 6.57. The summed E-state index contributed by atoms with van der Waals surface area (Å²) >= 11 is 1.25. The summed E-state index contributed by atoms with van der Waals surface area (Å²) in [5, 5.41) is 10.1. The molecule has 1 saturated heterocycles. The van der Waals surface area contributed by atoms with E-state index in [2.05, 4.69) is 20.9 Å². The van der Waals surface area contributed by atoms with Crippen molar-refractivity contribution >= 4 is 34.4 Å². The number of carbonyl (C=O) groups is 2. The molecule has 0 spiro atoms. The fourth-order valence-corrected chi connectivity index (χ4v) is 4.63. The molecule has 176 valence electrons. The van der Waals surface area contributed by atoms with E-state index >= 15 is 0 Å². The van der Waals surface area contributed by atoms with Crippen molar-refractivity contribution in [1.82, 2.24) is 20.9 Å². The topological polar surface area (TPSA) is 83.1 Å². The Hall–Kier alpha value is -1.91. The zero-order valence-electron chi connectivity index (χ0n) is 18.7. The van der Waals surface area contributed by atoms with E-state index in [-0.39, 0.29) is 34.7 Å². The van der Waals surface area contributed by atoms with Gasteiger partial charge in [-0.1, -0.05) is 38.6 Å². The van der Waals surface area contributed by atoms with Gasteiger partial charge in [-0.2, -0.15) is 13.2 Å². The molecule has 0 aromatic carbocycles. The Morgan fingerprint density at radius 2 is 2.03 bits per heavy atom. The number of rotatable bonds is 5. The molecule has 1 aromatic heterocycles. The molecule has 1 aliphatic heterocycles. The molecule has 1 aliphatic carbocycles.